The normalized spacial score (nSPS) is 24.5. The van der Waals surface area contributed by atoms with Crippen LogP contribution in [-0.2, 0) is 6.42 Å². The summed E-state index contributed by atoms with van der Waals surface area (Å²) in [5, 5.41) is 0. The van der Waals surface area contributed by atoms with Gasteiger partial charge in [0.15, 0.2) is 0 Å². The van der Waals surface area contributed by atoms with Crippen molar-refractivity contribution < 1.29 is 0 Å². The second kappa shape index (κ2) is 5.91. The molecule has 100 valence electrons. The van der Waals surface area contributed by atoms with Crippen molar-refractivity contribution in [2.45, 2.75) is 59.8 Å². The minimum absolute atomic E-state index is 0.882. The first kappa shape index (κ1) is 13.6. The molecule has 1 fully saturated rings. The Morgan fingerprint density at radius 1 is 1.00 bits per heavy atom. The van der Waals surface area contributed by atoms with E-state index in [2.05, 4.69) is 45.9 Å². The molecule has 0 N–H and O–H groups in total. The molecule has 0 bridgehead atoms. The average molecular weight is 244 g/mol. The van der Waals surface area contributed by atoms with E-state index in [4.69, 9.17) is 0 Å². The van der Waals surface area contributed by atoms with E-state index in [9.17, 15) is 0 Å². The topological polar surface area (TPSA) is 0 Å². The summed E-state index contributed by atoms with van der Waals surface area (Å²) in [4.78, 5) is 0. The number of rotatable bonds is 3. The standard InChI is InChI=1S/C18H28/c1-13(2)18-9-7-16(8-10-18)12-17-6-5-14(3)15(4)11-17/h5-6,11,13,16,18H,7-10,12H2,1-4H3. The molecule has 0 aliphatic heterocycles. The summed E-state index contributed by atoms with van der Waals surface area (Å²) >= 11 is 0. The summed E-state index contributed by atoms with van der Waals surface area (Å²) < 4.78 is 0. The number of hydrogen-bond donors (Lipinski definition) is 0. The van der Waals surface area contributed by atoms with Gasteiger partial charge >= 0.3 is 0 Å². The Balaban J connectivity index is 1.89. The van der Waals surface area contributed by atoms with E-state index in [1.54, 1.807) is 5.56 Å². The summed E-state index contributed by atoms with van der Waals surface area (Å²) in [7, 11) is 0. The van der Waals surface area contributed by atoms with Gasteiger partial charge in [-0.3, -0.25) is 0 Å². The molecule has 0 amide bonds. The molecule has 1 aliphatic rings. The Labute approximate surface area is 113 Å². The molecule has 0 atom stereocenters. The molecule has 1 aliphatic carbocycles. The van der Waals surface area contributed by atoms with Crippen LogP contribution < -0.4 is 0 Å². The van der Waals surface area contributed by atoms with Crippen LogP contribution in [-0.4, -0.2) is 0 Å². The smallest absolute Gasteiger partial charge is 0.0250 e. The predicted octanol–water partition coefficient (Wildman–Crippen LogP) is 5.31. The van der Waals surface area contributed by atoms with Crippen LogP contribution in [0, 0.1) is 31.6 Å². The van der Waals surface area contributed by atoms with Gasteiger partial charge in [-0.25, -0.2) is 0 Å². The highest BCUT2D eigenvalue weighted by Gasteiger charge is 2.23. The van der Waals surface area contributed by atoms with E-state index >= 15 is 0 Å². The van der Waals surface area contributed by atoms with E-state index in [1.165, 1.54) is 43.2 Å². The molecule has 0 saturated heterocycles. The van der Waals surface area contributed by atoms with E-state index in [0.717, 1.165) is 17.8 Å². The summed E-state index contributed by atoms with van der Waals surface area (Å²) in [5.41, 5.74) is 4.41. The first-order valence-electron chi connectivity index (χ1n) is 7.62. The van der Waals surface area contributed by atoms with Crippen LogP contribution in [0.3, 0.4) is 0 Å². The van der Waals surface area contributed by atoms with Gasteiger partial charge in [-0.1, -0.05) is 32.0 Å². The lowest BCUT2D eigenvalue weighted by molar-refractivity contribution is 0.223. The zero-order chi connectivity index (χ0) is 13.1. The Kier molecular flexibility index (Phi) is 4.48. The molecule has 0 heteroatoms. The zero-order valence-corrected chi connectivity index (χ0v) is 12.5. The molecule has 0 unspecified atom stereocenters. The fourth-order valence-corrected chi connectivity index (χ4v) is 3.32. The number of aryl methyl sites for hydroxylation is 2. The fraction of sp³-hybridized carbons (Fsp3) is 0.667. The van der Waals surface area contributed by atoms with Crippen molar-refractivity contribution in [3.63, 3.8) is 0 Å². The second-order valence-corrected chi connectivity index (χ2v) is 6.65. The van der Waals surface area contributed by atoms with Gasteiger partial charge in [0.1, 0.15) is 0 Å². The van der Waals surface area contributed by atoms with Gasteiger partial charge in [0.05, 0.1) is 0 Å². The SMILES string of the molecule is Cc1ccc(CC2CCC(C(C)C)CC2)cc1C. The molecular formula is C18H28. The maximum absolute atomic E-state index is 2.39. The first-order chi connectivity index (χ1) is 8.56. The summed E-state index contributed by atoms with van der Waals surface area (Å²) in [5.74, 6) is 2.80. The lowest BCUT2D eigenvalue weighted by Crippen LogP contribution is -2.19. The van der Waals surface area contributed by atoms with Crippen LogP contribution in [0.5, 0.6) is 0 Å². The molecule has 0 spiro atoms. The Hall–Kier alpha value is -0.780. The highest BCUT2D eigenvalue weighted by molar-refractivity contribution is 5.30. The molecule has 18 heavy (non-hydrogen) atoms. The van der Waals surface area contributed by atoms with Crippen molar-refractivity contribution in [1.29, 1.82) is 0 Å². The highest BCUT2D eigenvalue weighted by Crippen LogP contribution is 2.34. The molecule has 0 radical (unpaired) electrons. The minimum atomic E-state index is 0.882. The van der Waals surface area contributed by atoms with Crippen LogP contribution >= 0.6 is 0 Å². The fourth-order valence-electron chi connectivity index (χ4n) is 3.32. The van der Waals surface area contributed by atoms with Crippen molar-refractivity contribution >= 4 is 0 Å². The highest BCUT2D eigenvalue weighted by atomic mass is 14.3. The van der Waals surface area contributed by atoms with Gasteiger partial charge in [-0.15, -0.1) is 0 Å². The molecule has 0 aromatic heterocycles. The van der Waals surface area contributed by atoms with Gasteiger partial charge in [0.25, 0.3) is 0 Å². The van der Waals surface area contributed by atoms with Gasteiger partial charge in [-0.05, 0) is 80.4 Å². The maximum Gasteiger partial charge on any atom is -0.0250 e. The molecule has 1 aromatic rings. The Morgan fingerprint density at radius 2 is 1.67 bits per heavy atom. The van der Waals surface area contributed by atoms with E-state index in [-0.39, 0.29) is 0 Å². The van der Waals surface area contributed by atoms with Crippen LogP contribution in [0.25, 0.3) is 0 Å². The Morgan fingerprint density at radius 3 is 2.22 bits per heavy atom. The van der Waals surface area contributed by atoms with Crippen LogP contribution in [0.4, 0.5) is 0 Å². The second-order valence-electron chi connectivity index (χ2n) is 6.65. The third kappa shape index (κ3) is 3.37. The van der Waals surface area contributed by atoms with Gasteiger partial charge < -0.3 is 0 Å². The third-order valence-electron chi connectivity index (χ3n) is 4.93. The molecule has 0 nitrogen and oxygen atoms in total. The molecular weight excluding hydrogens is 216 g/mol. The molecule has 2 rings (SSSR count). The predicted molar refractivity (Wildman–Crippen MR) is 79.9 cm³/mol. The summed E-state index contributed by atoms with van der Waals surface area (Å²) in [6.07, 6.45) is 7.08. The van der Waals surface area contributed by atoms with Crippen LogP contribution in [0.1, 0.15) is 56.2 Å². The lowest BCUT2D eigenvalue weighted by atomic mass is 9.75. The number of hydrogen-bond acceptors (Lipinski definition) is 0. The molecule has 0 heterocycles. The van der Waals surface area contributed by atoms with E-state index in [0.29, 0.717) is 0 Å². The van der Waals surface area contributed by atoms with Crippen LogP contribution in [0.15, 0.2) is 18.2 Å². The molecule has 1 aromatic carbocycles. The van der Waals surface area contributed by atoms with Gasteiger partial charge in [0.2, 0.25) is 0 Å². The van der Waals surface area contributed by atoms with Crippen molar-refractivity contribution in [2.24, 2.45) is 17.8 Å². The van der Waals surface area contributed by atoms with Gasteiger partial charge in [0, 0.05) is 0 Å². The molecule has 1 saturated carbocycles. The summed E-state index contributed by atoms with van der Waals surface area (Å²) in [6.45, 7) is 9.20. The number of benzene rings is 1. The quantitative estimate of drug-likeness (QED) is 0.676. The monoisotopic (exact) mass is 244 g/mol. The third-order valence-corrected chi connectivity index (χ3v) is 4.93. The van der Waals surface area contributed by atoms with Crippen LogP contribution in [0.2, 0.25) is 0 Å². The minimum Gasteiger partial charge on any atom is -0.0625 e. The summed E-state index contributed by atoms with van der Waals surface area (Å²) in [6, 6.07) is 7.01. The lowest BCUT2D eigenvalue weighted by Gasteiger charge is -2.31. The van der Waals surface area contributed by atoms with E-state index < -0.39 is 0 Å². The average Bonchev–Trinajstić information content (AvgIpc) is 2.34. The van der Waals surface area contributed by atoms with Gasteiger partial charge in [-0.2, -0.15) is 0 Å². The maximum atomic E-state index is 2.39. The van der Waals surface area contributed by atoms with Crippen molar-refractivity contribution in [1.82, 2.24) is 0 Å². The van der Waals surface area contributed by atoms with E-state index in [1.807, 2.05) is 0 Å². The first-order valence-corrected chi connectivity index (χ1v) is 7.62. The van der Waals surface area contributed by atoms with Crippen molar-refractivity contribution in [3.8, 4) is 0 Å². The van der Waals surface area contributed by atoms with Crippen molar-refractivity contribution in [2.75, 3.05) is 0 Å². The van der Waals surface area contributed by atoms with Crippen molar-refractivity contribution in [3.05, 3.63) is 34.9 Å². The zero-order valence-electron chi connectivity index (χ0n) is 12.5. The Bertz CT molecular complexity index is 381. The largest absolute Gasteiger partial charge is 0.0625 e.